The summed E-state index contributed by atoms with van der Waals surface area (Å²) < 4.78 is 12.2. The monoisotopic (exact) mass is 377 g/mol. The Bertz CT molecular complexity index is 881. The van der Waals surface area contributed by atoms with Gasteiger partial charge in [-0.05, 0) is 30.3 Å². The first kappa shape index (κ1) is 17.7. The van der Waals surface area contributed by atoms with Crippen molar-refractivity contribution in [1.29, 1.82) is 0 Å². The van der Waals surface area contributed by atoms with Gasteiger partial charge in [0.05, 0.1) is 16.7 Å². The van der Waals surface area contributed by atoms with E-state index in [4.69, 9.17) is 32.7 Å². The molecule has 0 atom stereocenters. The van der Waals surface area contributed by atoms with Gasteiger partial charge in [-0.3, -0.25) is 0 Å². The Balaban J connectivity index is 1.91. The first-order chi connectivity index (χ1) is 12.1. The lowest BCUT2D eigenvalue weighted by Crippen LogP contribution is -2.04. The molecule has 0 fully saturated rings. The maximum absolute atomic E-state index is 6.42. The second-order valence-corrected chi connectivity index (χ2v) is 6.16. The molecule has 0 N–H and O–H groups in total. The van der Waals surface area contributed by atoms with Gasteiger partial charge in [0.1, 0.15) is 12.4 Å². The second kappa shape index (κ2) is 7.87. The van der Waals surface area contributed by atoms with Crippen LogP contribution in [0.2, 0.25) is 10.0 Å². The minimum absolute atomic E-state index is 0.465. The van der Waals surface area contributed by atoms with Crippen molar-refractivity contribution in [3.63, 3.8) is 0 Å². The molecule has 0 aliphatic heterocycles. The summed E-state index contributed by atoms with van der Waals surface area (Å²) >= 11 is 12.7. The fourth-order valence-corrected chi connectivity index (χ4v) is 2.86. The largest absolute Gasteiger partial charge is 0.491 e. The molecule has 1 aromatic heterocycles. The SMILES string of the molecule is COCCOc1ccc(-c2nc(-c3ccccc3Cl)nn2C)c(Cl)c1. The van der Waals surface area contributed by atoms with Crippen molar-refractivity contribution in [2.75, 3.05) is 20.3 Å². The Labute approximate surface area is 156 Å². The Morgan fingerprint density at radius 3 is 2.52 bits per heavy atom. The van der Waals surface area contributed by atoms with Gasteiger partial charge in [0.15, 0.2) is 11.6 Å². The number of rotatable bonds is 6. The van der Waals surface area contributed by atoms with Crippen LogP contribution in [0.4, 0.5) is 0 Å². The Hall–Kier alpha value is -2.08. The molecule has 25 heavy (non-hydrogen) atoms. The standard InChI is InChI=1S/C18H17Cl2N3O2/c1-23-18(21-17(22-23)13-5-3-4-6-15(13)19)14-8-7-12(11-16(14)20)25-10-9-24-2/h3-8,11H,9-10H2,1-2H3. The first-order valence-electron chi connectivity index (χ1n) is 7.67. The molecule has 0 amide bonds. The highest BCUT2D eigenvalue weighted by atomic mass is 35.5. The Morgan fingerprint density at radius 1 is 1.00 bits per heavy atom. The molecule has 0 unspecified atom stereocenters. The molecule has 0 aliphatic carbocycles. The molecule has 2 aromatic carbocycles. The van der Waals surface area contributed by atoms with Crippen molar-refractivity contribution in [2.45, 2.75) is 0 Å². The number of aryl methyl sites for hydroxylation is 1. The van der Waals surface area contributed by atoms with Gasteiger partial charge in [0.2, 0.25) is 0 Å². The van der Waals surface area contributed by atoms with Crippen LogP contribution in [0.3, 0.4) is 0 Å². The molecule has 0 saturated carbocycles. The molecule has 0 spiro atoms. The lowest BCUT2D eigenvalue weighted by molar-refractivity contribution is 0.146. The van der Waals surface area contributed by atoms with E-state index in [1.54, 1.807) is 17.9 Å². The van der Waals surface area contributed by atoms with Crippen LogP contribution in [0.5, 0.6) is 5.75 Å². The van der Waals surface area contributed by atoms with Gasteiger partial charge >= 0.3 is 0 Å². The topological polar surface area (TPSA) is 49.2 Å². The van der Waals surface area contributed by atoms with Gasteiger partial charge in [-0.1, -0.05) is 35.3 Å². The third kappa shape index (κ3) is 3.95. The summed E-state index contributed by atoms with van der Waals surface area (Å²) in [6, 6.07) is 12.9. The zero-order valence-electron chi connectivity index (χ0n) is 13.9. The number of methoxy groups -OCH3 is 1. The van der Waals surface area contributed by atoms with Crippen LogP contribution in [-0.4, -0.2) is 35.1 Å². The lowest BCUT2D eigenvalue weighted by Gasteiger charge is -2.08. The summed E-state index contributed by atoms with van der Waals surface area (Å²) in [5.41, 5.74) is 1.55. The fourth-order valence-electron chi connectivity index (χ4n) is 2.39. The molecule has 0 aliphatic rings. The van der Waals surface area contributed by atoms with Crippen LogP contribution in [0.25, 0.3) is 22.8 Å². The van der Waals surface area contributed by atoms with E-state index in [1.165, 1.54) is 0 Å². The predicted molar refractivity (Wildman–Crippen MR) is 99.3 cm³/mol. The molecular weight excluding hydrogens is 361 g/mol. The number of benzene rings is 2. The summed E-state index contributed by atoms with van der Waals surface area (Å²) in [5.74, 6) is 1.89. The van der Waals surface area contributed by atoms with Crippen molar-refractivity contribution < 1.29 is 9.47 Å². The minimum Gasteiger partial charge on any atom is -0.491 e. The van der Waals surface area contributed by atoms with E-state index < -0.39 is 0 Å². The third-order valence-electron chi connectivity index (χ3n) is 3.62. The number of halogens is 2. The Morgan fingerprint density at radius 2 is 1.80 bits per heavy atom. The van der Waals surface area contributed by atoms with Gasteiger partial charge in [-0.25, -0.2) is 9.67 Å². The van der Waals surface area contributed by atoms with Crippen LogP contribution < -0.4 is 4.74 Å². The maximum Gasteiger partial charge on any atom is 0.183 e. The van der Waals surface area contributed by atoms with Gasteiger partial charge in [0, 0.05) is 25.3 Å². The highest BCUT2D eigenvalue weighted by molar-refractivity contribution is 6.33. The van der Waals surface area contributed by atoms with Crippen LogP contribution in [-0.2, 0) is 11.8 Å². The normalized spacial score (nSPS) is 10.9. The predicted octanol–water partition coefficient (Wildman–Crippen LogP) is 4.48. The van der Waals surface area contributed by atoms with Gasteiger partial charge in [-0.15, -0.1) is 0 Å². The van der Waals surface area contributed by atoms with E-state index in [9.17, 15) is 0 Å². The first-order valence-corrected chi connectivity index (χ1v) is 8.43. The molecule has 0 bridgehead atoms. The van der Waals surface area contributed by atoms with E-state index >= 15 is 0 Å². The fraction of sp³-hybridized carbons (Fsp3) is 0.222. The van der Waals surface area contributed by atoms with E-state index in [-0.39, 0.29) is 0 Å². The van der Waals surface area contributed by atoms with Crippen molar-refractivity contribution >= 4 is 23.2 Å². The smallest absolute Gasteiger partial charge is 0.183 e. The summed E-state index contributed by atoms with van der Waals surface area (Å²) in [6.45, 7) is 0.983. The average Bonchev–Trinajstić information content (AvgIpc) is 2.97. The van der Waals surface area contributed by atoms with E-state index in [1.807, 2.05) is 43.4 Å². The second-order valence-electron chi connectivity index (χ2n) is 5.35. The quantitative estimate of drug-likeness (QED) is 0.594. The molecule has 3 aromatic rings. The van der Waals surface area contributed by atoms with Crippen molar-refractivity contribution in [3.05, 3.63) is 52.5 Å². The lowest BCUT2D eigenvalue weighted by atomic mass is 10.2. The number of nitrogens with zero attached hydrogens (tertiary/aromatic N) is 3. The molecule has 3 rings (SSSR count). The molecular formula is C18H17Cl2N3O2. The van der Waals surface area contributed by atoms with E-state index in [2.05, 4.69) is 10.1 Å². The molecule has 5 nitrogen and oxygen atoms in total. The maximum atomic E-state index is 6.42. The van der Waals surface area contributed by atoms with Crippen LogP contribution in [0.1, 0.15) is 0 Å². The number of aromatic nitrogens is 3. The summed E-state index contributed by atoms with van der Waals surface area (Å²) in [7, 11) is 3.45. The molecule has 0 radical (unpaired) electrons. The van der Waals surface area contributed by atoms with Crippen molar-refractivity contribution in [2.24, 2.45) is 7.05 Å². The summed E-state index contributed by atoms with van der Waals surface area (Å²) in [6.07, 6.45) is 0. The zero-order valence-corrected chi connectivity index (χ0v) is 15.4. The number of ether oxygens (including phenoxy) is 2. The highest BCUT2D eigenvalue weighted by Gasteiger charge is 2.16. The summed E-state index contributed by atoms with van der Waals surface area (Å²) in [4.78, 5) is 4.60. The average molecular weight is 378 g/mol. The van der Waals surface area contributed by atoms with Crippen LogP contribution in [0, 0.1) is 0 Å². The Kier molecular flexibility index (Phi) is 5.58. The number of hydrogen-bond donors (Lipinski definition) is 0. The molecule has 1 heterocycles. The van der Waals surface area contributed by atoms with Gasteiger partial charge < -0.3 is 9.47 Å². The highest BCUT2D eigenvalue weighted by Crippen LogP contribution is 2.32. The van der Waals surface area contributed by atoms with E-state index in [0.717, 1.165) is 11.1 Å². The van der Waals surface area contributed by atoms with Gasteiger partial charge in [0.25, 0.3) is 0 Å². The number of hydrogen-bond acceptors (Lipinski definition) is 4. The van der Waals surface area contributed by atoms with Crippen molar-refractivity contribution in [1.82, 2.24) is 14.8 Å². The van der Waals surface area contributed by atoms with Crippen LogP contribution in [0.15, 0.2) is 42.5 Å². The summed E-state index contributed by atoms with van der Waals surface area (Å²) in [5, 5.41) is 5.60. The van der Waals surface area contributed by atoms with E-state index in [0.29, 0.717) is 40.7 Å². The molecule has 7 heteroatoms. The van der Waals surface area contributed by atoms with Crippen molar-refractivity contribution in [3.8, 4) is 28.5 Å². The third-order valence-corrected chi connectivity index (χ3v) is 4.26. The van der Waals surface area contributed by atoms with Crippen LogP contribution >= 0.6 is 23.2 Å². The minimum atomic E-state index is 0.465. The molecule has 0 saturated heterocycles. The van der Waals surface area contributed by atoms with Gasteiger partial charge in [-0.2, -0.15) is 5.10 Å². The zero-order chi connectivity index (χ0) is 17.8. The molecule has 130 valence electrons.